The van der Waals surface area contributed by atoms with Crippen LogP contribution in [0.25, 0.3) is 0 Å². The number of nitrogens with zero attached hydrogens (tertiary/aromatic N) is 3. The maximum atomic E-state index is 12.5. The molecular formula is C36H50N4O2. The molecule has 6 nitrogen and oxygen atoms in total. The molecule has 1 heterocycles. The molecule has 0 atom stereocenters. The highest BCUT2D eigenvalue weighted by atomic mass is 16.2. The van der Waals surface area contributed by atoms with Crippen molar-refractivity contribution in [1.82, 2.24) is 9.80 Å². The maximum absolute atomic E-state index is 12.5. The summed E-state index contributed by atoms with van der Waals surface area (Å²) < 4.78 is 0. The number of piperidine rings is 1. The lowest BCUT2D eigenvalue weighted by Gasteiger charge is -2.38. The standard InChI is InChI=1S/C22H28N2O.C14H22N2O/c1-2-22(25)24(20-11-7-4-8-12-20)21-14-17-23(18-15-21)16-13-19-9-5-3-6-10-19;1-5-16(6-2)10-13(17)15-14-11(3)8-7-9-12(14)4/h3-12,21H,2,13-18H2,1H3;7-9H,5-6,10H2,1-4H3,(H,15,17). The molecule has 0 unspecified atom stereocenters. The van der Waals surface area contributed by atoms with Gasteiger partial charge in [-0.25, -0.2) is 0 Å². The van der Waals surface area contributed by atoms with Crippen molar-refractivity contribution in [3.63, 3.8) is 0 Å². The summed E-state index contributed by atoms with van der Waals surface area (Å²) in [5.41, 5.74) is 5.61. The van der Waals surface area contributed by atoms with Gasteiger partial charge in [0.25, 0.3) is 0 Å². The second kappa shape index (κ2) is 17.5. The molecule has 0 spiro atoms. The molecule has 42 heavy (non-hydrogen) atoms. The summed E-state index contributed by atoms with van der Waals surface area (Å²) in [6.45, 7) is 15.6. The van der Waals surface area contributed by atoms with Crippen LogP contribution in [0.2, 0.25) is 0 Å². The van der Waals surface area contributed by atoms with Crippen molar-refractivity contribution in [1.29, 1.82) is 0 Å². The van der Waals surface area contributed by atoms with Gasteiger partial charge < -0.3 is 15.1 Å². The van der Waals surface area contributed by atoms with E-state index in [1.165, 1.54) is 5.56 Å². The molecule has 3 aromatic carbocycles. The lowest BCUT2D eigenvalue weighted by molar-refractivity contribution is -0.119. The average Bonchev–Trinajstić information content (AvgIpc) is 3.02. The van der Waals surface area contributed by atoms with E-state index in [-0.39, 0.29) is 11.8 Å². The van der Waals surface area contributed by atoms with Crippen LogP contribution in [0.1, 0.15) is 56.7 Å². The highest BCUT2D eigenvalue weighted by Crippen LogP contribution is 2.25. The van der Waals surface area contributed by atoms with Crippen molar-refractivity contribution in [3.8, 4) is 0 Å². The number of rotatable bonds is 11. The molecule has 6 heteroatoms. The number of hydrogen-bond donors (Lipinski definition) is 1. The SMILES string of the molecule is CCC(=O)N(c1ccccc1)C1CCN(CCc2ccccc2)CC1.CCN(CC)CC(=O)Nc1c(C)cccc1C. The fraction of sp³-hybridized carbons (Fsp3) is 0.444. The number of carbonyl (C=O) groups excluding carboxylic acids is 2. The highest BCUT2D eigenvalue weighted by Gasteiger charge is 2.28. The molecule has 2 amide bonds. The number of amides is 2. The minimum atomic E-state index is 0.0612. The van der Waals surface area contributed by atoms with Gasteiger partial charge in [-0.15, -0.1) is 0 Å². The monoisotopic (exact) mass is 570 g/mol. The van der Waals surface area contributed by atoms with Crippen LogP contribution in [0.3, 0.4) is 0 Å². The van der Waals surface area contributed by atoms with E-state index in [2.05, 4.69) is 71.4 Å². The van der Waals surface area contributed by atoms with Gasteiger partial charge in [0.05, 0.1) is 6.54 Å². The molecule has 1 aliphatic heterocycles. The normalized spacial score (nSPS) is 13.8. The Bertz CT molecular complexity index is 1200. The Morgan fingerprint density at radius 2 is 1.38 bits per heavy atom. The lowest BCUT2D eigenvalue weighted by atomic mass is 10.0. The van der Waals surface area contributed by atoms with E-state index in [9.17, 15) is 9.59 Å². The first-order valence-corrected chi connectivity index (χ1v) is 15.6. The number of nitrogens with one attached hydrogen (secondary N) is 1. The van der Waals surface area contributed by atoms with E-state index in [0.717, 1.165) is 74.5 Å². The van der Waals surface area contributed by atoms with Crippen molar-refractivity contribution in [2.75, 3.05) is 49.5 Å². The predicted molar refractivity (Wildman–Crippen MR) is 176 cm³/mol. The summed E-state index contributed by atoms with van der Waals surface area (Å²) in [6, 6.07) is 27.2. The highest BCUT2D eigenvalue weighted by molar-refractivity contribution is 5.94. The number of aryl methyl sites for hydroxylation is 2. The largest absolute Gasteiger partial charge is 0.324 e. The Kier molecular flexibility index (Phi) is 13.7. The number of likely N-dealkylation sites (tertiary alicyclic amines) is 1. The third-order valence-corrected chi connectivity index (χ3v) is 8.09. The molecule has 1 aliphatic rings. The van der Waals surface area contributed by atoms with Crippen LogP contribution < -0.4 is 10.2 Å². The molecule has 4 rings (SSSR count). The zero-order valence-corrected chi connectivity index (χ0v) is 26.3. The van der Waals surface area contributed by atoms with Crippen molar-refractivity contribution in [2.24, 2.45) is 0 Å². The number of hydrogen-bond acceptors (Lipinski definition) is 4. The Labute approximate surface area is 253 Å². The van der Waals surface area contributed by atoms with Gasteiger partial charge in [-0.1, -0.05) is 87.5 Å². The molecule has 0 aromatic heterocycles. The van der Waals surface area contributed by atoms with Crippen LogP contribution in [0.4, 0.5) is 11.4 Å². The molecule has 0 aliphatic carbocycles. The molecule has 0 bridgehead atoms. The number of likely N-dealkylation sites (N-methyl/N-ethyl adjacent to an activating group) is 1. The molecule has 1 N–H and O–H groups in total. The molecule has 1 fully saturated rings. The van der Waals surface area contributed by atoms with Crippen LogP contribution >= 0.6 is 0 Å². The minimum absolute atomic E-state index is 0.0612. The van der Waals surface area contributed by atoms with Gasteiger partial charge in [-0.05, 0) is 75.0 Å². The second-order valence-electron chi connectivity index (χ2n) is 11.0. The van der Waals surface area contributed by atoms with E-state index >= 15 is 0 Å². The fourth-order valence-corrected chi connectivity index (χ4v) is 5.49. The van der Waals surface area contributed by atoms with Crippen LogP contribution in [-0.4, -0.2) is 66.9 Å². The van der Waals surface area contributed by atoms with Crippen molar-refractivity contribution in [2.45, 2.75) is 66.3 Å². The summed E-state index contributed by atoms with van der Waals surface area (Å²) in [6.07, 6.45) is 3.76. The van der Waals surface area contributed by atoms with E-state index < -0.39 is 0 Å². The van der Waals surface area contributed by atoms with E-state index in [1.807, 2.05) is 62.1 Å². The van der Waals surface area contributed by atoms with Gasteiger partial charge in [0.2, 0.25) is 11.8 Å². The summed E-state index contributed by atoms with van der Waals surface area (Å²) in [7, 11) is 0. The molecule has 226 valence electrons. The zero-order valence-electron chi connectivity index (χ0n) is 26.3. The number of benzene rings is 3. The van der Waals surface area contributed by atoms with Crippen LogP contribution in [-0.2, 0) is 16.0 Å². The second-order valence-corrected chi connectivity index (χ2v) is 11.0. The van der Waals surface area contributed by atoms with Gasteiger partial charge >= 0.3 is 0 Å². The summed E-state index contributed by atoms with van der Waals surface area (Å²) in [4.78, 5) is 31.1. The van der Waals surface area contributed by atoms with Crippen molar-refractivity contribution in [3.05, 3.63) is 95.6 Å². The van der Waals surface area contributed by atoms with Crippen molar-refractivity contribution >= 4 is 23.2 Å². The molecule has 0 saturated carbocycles. The van der Waals surface area contributed by atoms with Gasteiger partial charge in [-0.2, -0.15) is 0 Å². The van der Waals surface area contributed by atoms with E-state index in [4.69, 9.17) is 0 Å². The third-order valence-electron chi connectivity index (χ3n) is 8.09. The van der Waals surface area contributed by atoms with Gasteiger partial charge in [0.1, 0.15) is 0 Å². The number of anilines is 2. The Balaban J connectivity index is 0.000000250. The number of carbonyl (C=O) groups is 2. The number of para-hydroxylation sites is 2. The summed E-state index contributed by atoms with van der Waals surface area (Å²) in [5.74, 6) is 0.292. The topological polar surface area (TPSA) is 55.9 Å². The van der Waals surface area contributed by atoms with Gasteiger partial charge in [0, 0.05) is 43.5 Å². The van der Waals surface area contributed by atoms with E-state index in [1.54, 1.807) is 0 Å². The predicted octanol–water partition coefficient (Wildman–Crippen LogP) is 6.72. The smallest absolute Gasteiger partial charge is 0.238 e. The molecule has 1 saturated heterocycles. The Morgan fingerprint density at radius 1 is 0.810 bits per heavy atom. The van der Waals surface area contributed by atoms with Crippen LogP contribution in [0.5, 0.6) is 0 Å². The summed E-state index contributed by atoms with van der Waals surface area (Å²) in [5, 5.41) is 3.00. The fourth-order valence-electron chi connectivity index (χ4n) is 5.49. The molecule has 0 radical (unpaired) electrons. The van der Waals surface area contributed by atoms with E-state index in [0.29, 0.717) is 19.0 Å². The maximum Gasteiger partial charge on any atom is 0.238 e. The van der Waals surface area contributed by atoms with Crippen LogP contribution in [0, 0.1) is 13.8 Å². The summed E-state index contributed by atoms with van der Waals surface area (Å²) >= 11 is 0. The van der Waals surface area contributed by atoms with Gasteiger partial charge in [0.15, 0.2) is 0 Å². The third kappa shape index (κ3) is 10.1. The van der Waals surface area contributed by atoms with Gasteiger partial charge in [-0.3, -0.25) is 14.5 Å². The Morgan fingerprint density at radius 3 is 1.93 bits per heavy atom. The molecule has 3 aromatic rings. The lowest BCUT2D eigenvalue weighted by Crippen LogP contribution is -2.47. The first-order valence-electron chi connectivity index (χ1n) is 15.6. The minimum Gasteiger partial charge on any atom is -0.324 e. The zero-order chi connectivity index (χ0) is 30.3. The van der Waals surface area contributed by atoms with Crippen LogP contribution in [0.15, 0.2) is 78.9 Å². The quantitative estimate of drug-likeness (QED) is 0.278. The average molecular weight is 571 g/mol. The Hall–Kier alpha value is -3.48. The first kappa shape index (κ1) is 33.0. The first-order chi connectivity index (χ1) is 20.4. The van der Waals surface area contributed by atoms with Crippen molar-refractivity contribution < 1.29 is 9.59 Å². The molecular weight excluding hydrogens is 520 g/mol.